The highest BCUT2D eigenvalue weighted by Gasteiger charge is 2.35. The van der Waals surface area contributed by atoms with Gasteiger partial charge in [-0.3, -0.25) is 9.80 Å². The zero-order chi connectivity index (χ0) is 14.5. The van der Waals surface area contributed by atoms with Crippen molar-refractivity contribution in [1.29, 1.82) is 0 Å². The molecule has 1 rings (SSSR count). The minimum atomic E-state index is -4.14. The lowest BCUT2D eigenvalue weighted by Gasteiger charge is -2.40. The molecular weight excluding hydrogens is 257 g/mol. The normalized spacial score (nSPS) is 24.4. The first-order valence-electron chi connectivity index (χ1n) is 6.64. The lowest BCUT2D eigenvalue weighted by atomic mass is 10.1. The second-order valence-corrected chi connectivity index (χ2v) is 5.21. The molecule has 0 saturated carbocycles. The minimum Gasteiger partial charge on any atom is -0.392 e. The van der Waals surface area contributed by atoms with Gasteiger partial charge in [0, 0.05) is 32.2 Å². The number of hydrogen-bond acceptors (Lipinski definition) is 3. The molecule has 0 radical (unpaired) electrons. The smallest absolute Gasteiger partial charge is 0.392 e. The zero-order valence-electron chi connectivity index (χ0n) is 11.4. The average Bonchev–Trinajstić information content (AvgIpc) is 2.28. The molecule has 19 heavy (non-hydrogen) atoms. The van der Waals surface area contributed by atoms with Gasteiger partial charge in [-0.15, -0.1) is 6.58 Å². The second kappa shape index (κ2) is 7.26. The van der Waals surface area contributed by atoms with E-state index in [0.717, 1.165) is 6.42 Å². The molecule has 1 saturated heterocycles. The van der Waals surface area contributed by atoms with Gasteiger partial charge in [0.1, 0.15) is 0 Å². The lowest BCUT2D eigenvalue weighted by molar-refractivity contribution is -0.155. The second-order valence-electron chi connectivity index (χ2n) is 5.21. The van der Waals surface area contributed by atoms with E-state index in [4.69, 9.17) is 0 Å². The highest BCUT2D eigenvalue weighted by atomic mass is 19.4. The standard InChI is InChI=1S/C13H23F3N2O/c1-3-4-5-12(19)9-17-6-7-18(11(2)8-17)10-13(14,15)16/h3,11-12,19H,1,4-10H2,2H3. The molecule has 1 fully saturated rings. The van der Waals surface area contributed by atoms with Gasteiger partial charge in [0.2, 0.25) is 0 Å². The molecule has 0 aromatic rings. The maximum Gasteiger partial charge on any atom is 0.401 e. The van der Waals surface area contributed by atoms with Crippen LogP contribution in [0.2, 0.25) is 0 Å². The first-order chi connectivity index (χ1) is 8.81. The first-order valence-corrected chi connectivity index (χ1v) is 6.64. The van der Waals surface area contributed by atoms with Gasteiger partial charge in [-0.05, 0) is 19.8 Å². The average molecular weight is 280 g/mol. The fourth-order valence-electron chi connectivity index (χ4n) is 2.40. The highest BCUT2D eigenvalue weighted by molar-refractivity contribution is 4.82. The van der Waals surface area contributed by atoms with Crippen LogP contribution in [0.15, 0.2) is 12.7 Å². The van der Waals surface area contributed by atoms with Crippen molar-refractivity contribution in [2.45, 2.75) is 38.1 Å². The van der Waals surface area contributed by atoms with E-state index >= 15 is 0 Å². The van der Waals surface area contributed by atoms with E-state index in [9.17, 15) is 18.3 Å². The van der Waals surface area contributed by atoms with Crippen molar-refractivity contribution >= 4 is 0 Å². The van der Waals surface area contributed by atoms with Gasteiger partial charge in [-0.1, -0.05) is 6.08 Å². The zero-order valence-corrected chi connectivity index (χ0v) is 11.4. The fraction of sp³-hybridized carbons (Fsp3) is 0.846. The first kappa shape index (κ1) is 16.5. The molecule has 112 valence electrons. The van der Waals surface area contributed by atoms with Gasteiger partial charge in [0.15, 0.2) is 0 Å². The Morgan fingerprint density at radius 1 is 1.42 bits per heavy atom. The van der Waals surface area contributed by atoms with Crippen LogP contribution in [0, 0.1) is 0 Å². The molecule has 1 N–H and O–H groups in total. The summed E-state index contributed by atoms with van der Waals surface area (Å²) in [6.45, 7) is 6.62. The topological polar surface area (TPSA) is 26.7 Å². The van der Waals surface area contributed by atoms with Crippen LogP contribution in [0.1, 0.15) is 19.8 Å². The van der Waals surface area contributed by atoms with Crippen molar-refractivity contribution in [3.63, 3.8) is 0 Å². The molecule has 0 aromatic heterocycles. The minimum absolute atomic E-state index is 0.137. The van der Waals surface area contributed by atoms with Crippen LogP contribution in [0.3, 0.4) is 0 Å². The number of aliphatic hydroxyl groups is 1. The fourth-order valence-corrected chi connectivity index (χ4v) is 2.40. The van der Waals surface area contributed by atoms with Crippen molar-refractivity contribution in [2.24, 2.45) is 0 Å². The van der Waals surface area contributed by atoms with Crippen LogP contribution in [-0.4, -0.2) is 66.0 Å². The molecule has 0 spiro atoms. The number of aliphatic hydroxyl groups excluding tert-OH is 1. The van der Waals surface area contributed by atoms with Crippen molar-refractivity contribution in [3.8, 4) is 0 Å². The van der Waals surface area contributed by atoms with Crippen molar-refractivity contribution < 1.29 is 18.3 Å². The predicted octanol–water partition coefficient (Wildman–Crippen LogP) is 1.88. The Morgan fingerprint density at radius 3 is 2.63 bits per heavy atom. The Bertz CT molecular complexity index is 284. The summed E-state index contributed by atoms with van der Waals surface area (Å²) in [6.07, 6.45) is -1.40. The summed E-state index contributed by atoms with van der Waals surface area (Å²) in [6, 6.07) is -0.137. The summed E-state index contributed by atoms with van der Waals surface area (Å²) in [7, 11) is 0. The van der Waals surface area contributed by atoms with Gasteiger partial charge in [-0.2, -0.15) is 13.2 Å². The van der Waals surface area contributed by atoms with E-state index < -0.39 is 18.8 Å². The number of β-amino-alcohol motifs (C(OH)–C–C–N with tert-alkyl or cyclic N) is 1. The summed E-state index contributed by atoms with van der Waals surface area (Å²) in [5.74, 6) is 0. The molecule has 0 bridgehead atoms. The third kappa shape index (κ3) is 6.40. The van der Waals surface area contributed by atoms with E-state index in [1.165, 1.54) is 4.90 Å². The molecule has 0 aliphatic carbocycles. The maximum absolute atomic E-state index is 12.4. The largest absolute Gasteiger partial charge is 0.401 e. The summed E-state index contributed by atoms with van der Waals surface area (Å²) < 4.78 is 37.1. The highest BCUT2D eigenvalue weighted by Crippen LogP contribution is 2.20. The molecule has 0 amide bonds. The SMILES string of the molecule is C=CCCC(O)CN1CCN(CC(F)(F)F)C(C)C1. The van der Waals surface area contributed by atoms with Gasteiger partial charge >= 0.3 is 6.18 Å². The van der Waals surface area contributed by atoms with Gasteiger partial charge in [0.05, 0.1) is 12.6 Å². The molecule has 0 aromatic carbocycles. The number of halogens is 3. The van der Waals surface area contributed by atoms with Crippen molar-refractivity contribution in [3.05, 3.63) is 12.7 Å². The van der Waals surface area contributed by atoms with Crippen LogP contribution < -0.4 is 0 Å². The van der Waals surface area contributed by atoms with Crippen LogP contribution in [0.5, 0.6) is 0 Å². The Balaban J connectivity index is 2.34. The van der Waals surface area contributed by atoms with Crippen LogP contribution >= 0.6 is 0 Å². The number of rotatable bonds is 6. The quantitative estimate of drug-likeness (QED) is 0.753. The van der Waals surface area contributed by atoms with E-state index in [2.05, 4.69) is 6.58 Å². The van der Waals surface area contributed by atoms with Crippen LogP contribution in [0.25, 0.3) is 0 Å². The van der Waals surface area contributed by atoms with Crippen molar-refractivity contribution in [2.75, 3.05) is 32.7 Å². The molecule has 2 atom stereocenters. The van der Waals surface area contributed by atoms with Gasteiger partial charge in [-0.25, -0.2) is 0 Å². The van der Waals surface area contributed by atoms with Crippen LogP contribution in [0.4, 0.5) is 13.2 Å². The third-order valence-electron chi connectivity index (χ3n) is 3.40. The molecule has 1 aliphatic heterocycles. The van der Waals surface area contributed by atoms with E-state index in [0.29, 0.717) is 32.6 Å². The summed E-state index contributed by atoms with van der Waals surface area (Å²) in [4.78, 5) is 3.48. The molecule has 6 heteroatoms. The monoisotopic (exact) mass is 280 g/mol. The van der Waals surface area contributed by atoms with E-state index in [-0.39, 0.29) is 6.04 Å². The molecule has 1 heterocycles. The predicted molar refractivity (Wildman–Crippen MR) is 69.0 cm³/mol. The lowest BCUT2D eigenvalue weighted by Crippen LogP contribution is -2.55. The maximum atomic E-state index is 12.4. The van der Waals surface area contributed by atoms with Gasteiger partial charge < -0.3 is 5.11 Å². The number of hydrogen-bond donors (Lipinski definition) is 1. The molecule has 3 nitrogen and oxygen atoms in total. The molecular formula is C13H23F3N2O. The third-order valence-corrected chi connectivity index (χ3v) is 3.40. The number of alkyl halides is 3. The number of nitrogens with zero attached hydrogens (tertiary/aromatic N) is 2. The Kier molecular flexibility index (Phi) is 6.29. The van der Waals surface area contributed by atoms with E-state index in [1.807, 2.05) is 4.90 Å². The molecule has 2 unspecified atom stereocenters. The van der Waals surface area contributed by atoms with Gasteiger partial charge in [0.25, 0.3) is 0 Å². The Hall–Kier alpha value is -0.590. The Morgan fingerprint density at radius 2 is 2.11 bits per heavy atom. The summed E-state index contributed by atoms with van der Waals surface area (Å²) >= 11 is 0. The summed E-state index contributed by atoms with van der Waals surface area (Å²) in [5.41, 5.74) is 0. The summed E-state index contributed by atoms with van der Waals surface area (Å²) in [5, 5.41) is 9.79. The Labute approximate surface area is 112 Å². The number of piperazine rings is 1. The van der Waals surface area contributed by atoms with Crippen molar-refractivity contribution in [1.82, 2.24) is 9.80 Å². The van der Waals surface area contributed by atoms with Crippen LogP contribution in [-0.2, 0) is 0 Å². The number of allylic oxidation sites excluding steroid dienone is 1. The molecule has 1 aliphatic rings. The van der Waals surface area contributed by atoms with E-state index in [1.54, 1.807) is 13.0 Å².